The average molecular weight is 267 g/mol. The summed E-state index contributed by atoms with van der Waals surface area (Å²) in [5, 5.41) is 0. The van der Waals surface area contributed by atoms with Gasteiger partial charge in [0.25, 0.3) is 0 Å². The summed E-state index contributed by atoms with van der Waals surface area (Å²) >= 11 is 0. The second kappa shape index (κ2) is 19.6. The largest absolute Gasteiger partial charge is 0.0683 e. The molecule has 1 aromatic carbocycles. The monoisotopic (exact) mass is 266 g/mol. The van der Waals surface area contributed by atoms with E-state index in [0.29, 0.717) is 0 Å². The minimum absolute atomic E-state index is 1.32. The van der Waals surface area contributed by atoms with Crippen LogP contribution in [0.15, 0.2) is 18.2 Å². The summed E-state index contributed by atoms with van der Waals surface area (Å²) in [4.78, 5) is 0. The minimum Gasteiger partial charge on any atom is -0.0683 e. The molecule has 19 heavy (non-hydrogen) atoms. The highest BCUT2D eigenvalue weighted by molar-refractivity contribution is 5.27. The molecule has 0 atom stereocenters. The molecule has 0 spiro atoms. The molecule has 0 fully saturated rings. The molecule has 0 heterocycles. The van der Waals surface area contributed by atoms with E-state index in [1.807, 2.05) is 13.8 Å². The van der Waals surface area contributed by atoms with Crippen LogP contribution in [-0.2, 0) is 0 Å². The van der Waals surface area contributed by atoms with Gasteiger partial charge in [-0.05, 0) is 20.8 Å². The Morgan fingerprint density at radius 2 is 0.684 bits per heavy atom. The molecule has 0 N–H and O–H groups in total. The van der Waals surface area contributed by atoms with Crippen LogP contribution in [0.4, 0.5) is 0 Å². The molecule has 0 aliphatic rings. The van der Waals surface area contributed by atoms with Crippen LogP contribution in [0.25, 0.3) is 0 Å². The third kappa shape index (κ3) is 22.8. The lowest BCUT2D eigenvalue weighted by Gasteiger charge is -1.96. The number of aryl methyl sites for hydroxylation is 3. The summed E-state index contributed by atoms with van der Waals surface area (Å²) < 4.78 is 0. The van der Waals surface area contributed by atoms with E-state index >= 15 is 0 Å². The van der Waals surface area contributed by atoms with E-state index in [4.69, 9.17) is 0 Å². The van der Waals surface area contributed by atoms with Gasteiger partial charge in [0.05, 0.1) is 0 Å². The van der Waals surface area contributed by atoms with Gasteiger partial charge in [0.15, 0.2) is 0 Å². The summed E-state index contributed by atoms with van der Waals surface area (Å²) in [6.45, 7) is 19.1. The van der Waals surface area contributed by atoms with E-state index in [1.165, 1.54) is 42.4 Å². The maximum Gasteiger partial charge on any atom is -0.0398 e. The molecule has 0 radical (unpaired) electrons. The fourth-order valence-electron chi connectivity index (χ4n) is 1.20. The maximum atomic E-state index is 2.19. The number of hydrogen-bond donors (Lipinski definition) is 0. The highest BCUT2D eigenvalue weighted by Crippen LogP contribution is 2.06. The van der Waals surface area contributed by atoms with Crippen LogP contribution in [0.5, 0.6) is 0 Å². The molecule has 0 saturated heterocycles. The minimum atomic E-state index is 1.32. The Bertz CT molecular complexity index is 202. The lowest BCUT2D eigenvalue weighted by Crippen LogP contribution is -1.78. The summed E-state index contributed by atoms with van der Waals surface area (Å²) in [6, 6.07) is 6.56. The van der Waals surface area contributed by atoms with Crippen molar-refractivity contribution in [3.63, 3.8) is 0 Å². The second-order valence-electron chi connectivity index (χ2n) is 4.67. The van der Waals surface area contributed by atoms with Crippen LogP contribution in [0.1, 0.15) is 83.9 Å². The Labute approximate surface area is 123 Å². The zero-order chi connectivity index (χ0) is 15.7. The third-order valence-electron chi connectivity index (χ3n) is 2.37. The van der Waals surface area contributed by atoms with Crippen molar-refractivity contribution in [3.05, 3.63) is 34.9 Å². The average Bonchev–Trinajstić information content (AvgIpc) is 2.40. The summed E-state index contributed by atoms with van der Waals surface area (Å²) in [5.74, 6) is 0. The van der Waals surface area contributed by atoms with Gasteiger partial charge in [-0.2, -0.15) is 0 Å². The van der Waals surface area contributed by atoms with Gasteiger partial charge >= 0.3 is 0 Å². The molecule has 0 nitrogen and oxygen atoms in total. The zero-order valence-corrected chi connectivity index (χ0v) is 15.1. The molecule has 0 aliphatic heterocycles. The highest BCUT2D eigenvalue weighted by atomic mass is 13.9. The first-order chi connectivity index (χ1) is 9.01. The first kappa shape index (κ1) is 23.3. The first-order valence-corrected chi connectivity index (χ1v) is 8.06. The lowest BCUT2D eigenvalue weighted by atomic mass is 10.1. The van der Waals surface area contributed by atoms with Crippen molar-refractivity contribution in [2.45, 2.75) is 88.0 Å². The van der Waals surface area contributed by atoms with Crippen molar-refractivity contribution in [1.82, 2.24) is 0 Å². The van der Waals surface area contributed by atoms with Crippen molar-refractivity contribution in [2.24, 2.45) is 0 Å². The van der Waals surface area contributed by atoms with Crippen molar-refractivity contribution < 1.29 is 0 Å². The van der Waals surface area contributed by atoms with Gasteiger partial charge in [-0.15, -0.1) is 0 Å². The van der Waals surface area contributed by atoms with Crippen LogP contribution in [-0.4, -0.2) is 0 Å². The molecule has 0 bridgehead atoms. The molecule has 0 aliphatic carbocycles. The van der Waals surface area contributed by atoms with Gasteiger partial charge in [0.2, 0.25) is 0 Å². The smallest absolute Gasteiger partial charge is 0.0398 e. The molecule has 114 valence electrons. The highest BCUT2D eigenvalue weighted by Gasteiger charge is 1.87. The van der Waals surface area contributed by atoms with E-state index < -0.39 is 0 Å². The van der Waals surface area contributed by atoms with Gasteiger partial charge in [-0.1, -0.05) is 102 Å². The van der Waals surface area contributed by atoms with Gasteiger partial charge < -0.3 is 0 Å². The number of hydrogen-bond acceptors (Lipinski definition) is 0. The predicted octanol–water partition coefficient (Wildman–Crippen LogP) is 7.25. The molecule has 0 aromatic heterocycles. The third-order valence-corrected chi connectivity index (χ3v) is 2.37. The first-order valence-electron chi connectivity index (χ1n) is 8.06. The van der Waals surface area contributed by atoms with Crippen molar-refractivity contribution in [3.8, 4) is 0 Å². The van der Waals surface area contributed by atoms with E-state index in [9.17, 15) is 0 Å². The summed E-state index contributed by atoms with van der Waals surface area (Å²) in [5.41, 5.74) is 4.06. The van der Waals surface area contributed by atoms with Crippen LogP contribution >= 0.6 is 0 Å². The Kier molecular flexibility index (Phi) is 24.0. The molecule has 1 rings (SSSR count). The molecule has 0 saturated carbocycles. The Balaban J connectivity index is -0.000000217. The van der Waals surface area contributed by atoms with Crippen LogP contribution in [0.2, 0.25) is 0 Å². The Hall–Kier alpha value is -0.780. The van der Waals surface area contributed by atoms with Crippen molar-refractivity contribution in [2.75, 3.05) is 0 Å². The van der Waals surface area contributed by atoms with Gasteiger partial charge in [0, 0.05) is 0 Å². The summed E-state index contributed by atoms with van der Waals surface area (Å²) in [6.07, 6.45) is 5.28. The number of unbranched alkanes of at least 4 members (excludes halogenated alkanes) is 2. The number of rotatable bonds is 2. The molecular weight excluding hydrogens is 228 g/mol. The standard InChI is InChI=1S/C9H12.2C4H10.C2H6/c1-7-4-8(2)6-9(3)5-7;2*1-3-4-2;1-2/h4-6H,1-3H3;2*3-4H2,1-2H3;1-2H3. The van der Waals surface area contributed by atoms with Gasteiger partial charge in [-0.3, -0.25) is 0 Å². The topological polar surface area (TPSA) is 0 Å². The number of benzene rings is 1. The summed E-state index contributed by atoms with van der Waals surface area (Å²) in [7, 11) is 0. The molecule has 0 amide bonds. The van der Waals surface area contributed by atoms with Crippen molar-refractivity contribution >= 4 is 0 Å². The molecule has 0 unspecified atom stereocenters. The Morgan fingerprint density at radius 3 is 0.789 bits per heavy atom. The lowest BCUT2D eigenvalue weighted by molar-refractivity contribution is 0.886. The van der Waals surface area contributed by atoms with E-state index in [2.05, 4.69) is 66.7 Å². The SMILES string of the molecule is CC.CCCC.CCCC.Cc1cc(C)cc(C)c1. The van der Waals surface area contributed by atoms with Crippen LogP contribution in [0.3, 0.4) is 0 Å². The quantitative estimate of drug-likeness (QED) is 0.528. The van der Waals surface area contributed by atoms with Crippen LogP contribution < -0.4 is 0 Å². The van der Waals surface area contributed by atoms with Crippen LogP contribution in [0, 0.1) is 20.8 Å². The normalized spacial score (nSPS) is 8.05. The molecular formula is C19H38. The molecule has 0 heteroatoms. The van der Waals surface area contributed by atoms with Crippen molar-refractivity contribution in [1.29, 1.82) is 0 Å². The van der Waals surface area contributed by atoms with Gasteiger partial charge in [0.1, 0.15) is 0 Å². The Morgan fingerprint density at radius 1 is 0.526 bits per heavy atom. The van der Waals surface area contributed by atoms with E-state index in [1.54, 1.807) is 0 Å². The van der Waals surface area contributed by atoms with E-state index in [-0.39, 0.29) is 0 Å². The zero-order valence-electron chi connectivity index (χ0n) is 15.1. The fraction of sp³-hybridized carbons (Fsp3) is 0.684. The predicted molar refractivity (Wildman–Crippen MR) is 93.2 cm³/mol. The van der Waals surface area contributed by atoms with Gasteiger partial charge in [-0.25, -0.2) is 0 Å². The maximum absolute atomic E-state index is 2.19. The van der Waals surface area contributed by atoms with E-state index in [0.717, 1.165) is 0 Å². The second-order valence-corrected chi connectivity index (χ2v) is 4.67. The fourth-order valence-corrected chi connectivity index (χ4v) is 1.20. The molecule has 1 aromatic rings.